The molecule has 0 fully saturated rings. The fourth-order valence-electron chi connectivity index (χ4n) is 2.94. The Morgan fingerprint density at radius 1 is 0.808 bits per heavy atom. The number of hydrogen-bond donors (Lipinski definition) is 1. The van der Waals surface area contributed by atoms with Crippen LogP contribution >= 0.6 is 0 Å². The van der Waals surface area contributed by atoms with Crippen molar-refractivity contribution < 1.29 is 9.47 Å². The number of benzene rings is 2. The van der Waals surface area contributed by atoms with Crippen molar-refractivity contribution >= 4 is 0 Å². The van der Waals surface area contributed by atoms with Crippen LogP contribution in [0.3, 0.4) is 0 Å². The van der Waals surface area contributed by atoms with Crippen LogP contribution < -0.4 is 14.8 Å². The molecule has 0 aromatic heterocycles. The Hall–Kier alpha value is -2.00. The number of ether oxygens (including phenoxy) is 2. The van der Waals surface area contributed by atoms with Crippen molar-refractivity contribution in [2.45, 2.75) is 59.1 Å². The van der Waals surface area contributed by atoms with Crippen molar-refractivity contribution in [2.75, 3.05) is 13.2 Å². The van der Waals surface area contributed by atoms with Gasteiger partial charge in [0.1, 0.15) is 6.61 Å². The lowest BCUT2D eigenvalue weighted by molar-refractivity contribution is 0.266. The quantitative estimate of drug-likeness (QED) is 0.466. The number of unbranched alkanes of at least 4 members (excludes halogenated alkanes) is 4. The zero-order valence-corrected chi connectivity index (χ0v) is 16.3. The molecular weight excluding hydrogens is 322 g/mol. The summed E-state index contributed by atoms with van der Waals surface area (Å²) in [6.45, 7) is 7.28. The fourth-order valence-corrected chi connectivity index (χ4v) is 2.94. The van der Waals surface area contributed by atoms with Crippen LogP contribution in [0.25, 0.3) is 0 Å². The van der Waals surface area contributed by atoms with E-state index in [0.717, 1.165) is 35.7 Å². The van der Waals surface area contributed by atoms with Gasteiger partial charge in [-0.2, -0.15) is 0 Å². The van der Waals surface area contributed by atoms with Crippen LogP contribution in [-0.2, 0) is 13.2 Å². The van der Waals surface area contributed by atoms with Crippen molar-refractivity contribution in [3.63, 3.8) is 0 Å². The molecule has 26 heavy (non-hydrogen) atoms. The summed E-state index contributed by atoms with van der Waals surface area (Å²) < 4.78 is 11.9. The van der Waals surface area contributed by atoms with Crippen molar-refractivity contribution in [1.29, 1.82) is 0 Å². The van der Waals surface area contributed by atoms with Crippen LogP contribution in [0.2, 0.25) is 0 Å². The van der Waals surface area contributed by atoms with Gasteiger partial charge in [-0.3, -0.25) is 0 Å². The SMILES string of the molecule is CCCCCCCNCc1cccc(OCC)c1OCc1ccccc1. The summed E-state index contributed by atoms with van der Waals surface area (Å²) >= 11 is 0. The second-order valence-corrected chi connectivity index (χ2v) is 6.54. The van der Waals surface area contributed by atoms with Crippen molar-refractivity contribution in [3.8, 4) is 11.5 Å². The molecule has 0 aliphatic heterocycles. The molecule has 2 rings (SSSR count). The molecule has 0 aliphatic rings. The lowest BCUT2D eigenvalue weighted by Gasteiger charge is -2.16. The van der Waals surface area contributed by atoms with E-state index in [2.05, 4.69) is 30.4 Å². The van der Waals surface area contributed by atoms with Gasteiger partial charge in [-0.25, -0.2) is 0 Å². The summed E-state index contributed by atoms with van der Waals surface area (Å²) in [5.41, 5.74) is 2.31. The summed E-state index contributed by atoms with van der Waals surface area (Å²) in [5, 5.41) is 3.55. The third-order valence-electron chi connectivity index (χ3n) is 4.36. The van der Waals surface area contributed by atoms with Crippen LogP contribution in [0.1, 0.15) is 57.1 Å². The van der Waals surface area contributed by atoms with Gasteiger partial charge in [-0.1, -0.05) is 75.1 Å². The Morgan fingerprint density at radius 2 is 1.62 bits per heavy atom. The van der Waals surface area contributed by atoms with Gasteiger partial charge in [0.05, 0.1) is 6.61 Å². The first-order chi connectivity index (χ1) is 12.8. The molecule has 2 aromatic carbocycles. The van der Waals surface area contributed by atoms with Gasteiger partial charge < -0.3 is 14.8 Å². The van der Waals surface area contributed by atoms with Crippen LogP contribution in [0, 0.1) is 0 Å². The monoisotopic (exact) mass is 355 g/mol. The second kappa shape index (κ2) is 12.4. The first-order valence-corrected chi connectivity index (χ1v) is 9.97. The van der Waals surface area contributed by atoms with Gasteiger partial charge in [0.15, 0.2) is 11.5 Å². The molecule has 3 heteroatoms. The van der Waals surface area contributed by atoms with Crippen molar-refractivity contribution in [1.82, 2.24) is 5.32 Å². The van der Waals surface area contributed by atoms with Crippen LogP contribution in [0.5, 0.6) is 11.5 Å². The Morgan fingerprint density at radius 3 is 2.38 bits per heavy atom. The Labute approximate surface area is 158 Å². The van der Waals surface area contributed by atoms with E-state index >= 15 is 0 Å². The molecule has 0 unspecified atom stereocenters. The number of rotatable bonds is 13. The van der Waals surface area contributed by atoms with E-state index < -0.39 is 0 Å². The Bertz CT molecular complexity index is 613. The van der Waals surface area contributed by atoms with E-state index in [1.165, 1.54) is 32.1 Å². The van der Waals surface area contributed by atoms with E-state index in [1.807, 2.05) is 37.3 Å². The van der Waals surface area contributed by atoms with Gasteiger partial charge in [0.2, 0.25) is 0 Å². The standard InChI is InChI=1S/C23H33NO2/c1-3-5-6-7-11-17-24-18-21-15-12-16-22(25-4-2)23(21)26-19-20-13-9-8-10-14-20/h8-10,12-16,24H,3-7,11,17-19H2,1-2H3. The highest BCUT2D eigenvalue weighted by Gasteiger charge is 2.11. The van der Waals surface area contributed by atoms with Crippen LogP contribution in [0.15, 0.2) is 48.5 Å². The zero-order chi connectivity index (χ0) is 18.5. The molecule has 0 aliphatic carbocycles. The Balaban J connectivity index is 1.92. The fraction of sp³-hybridized carbons (Fsp3) is 0.478. The maximum atomic E-state index is 6.15. The summed E-state index contributed by atoms with van der Waals surface area (Å²) in [5.74, 6) is 1.68. The largest absolute Gasteiger partial charge is 0.490 e. The van der Waals surface area contributed by atoms with Gasteiger partial charge in [0.25, 0.3) is 0 Å². The van der Waals surface area contributed by atoms with E-state index in [0.29, 0.717) is 13.2 Å². The highest BCUT2D eigenvalue weighted by Crippen LogP contribution is 2.32. The Kier molecular flexibility index (Phi) is 9.66. The minimum Gasteiger partial charge on any atom is -0.490 e. The molecule has 0 atom stereocenters. The average molecular weight is 356 g/mol. The summed E-state index contributed by atoms with van der Waals surface area (Å²) in [7, 11) is 0. The van der Waals surface area contributed by atoms with E-state index in [9.17, 15) is 0 Å². The maximum Gasteiger partial charge on any atom is 0.166 e. The van der Waals surface area contributed by atoms with Gasteiger partial charge in [-0.05, 0) is 31.5 Å². The van der Waals surface area contributed by atoms with Crippen molar-refractivity contribution in [3.05, 3.63) is 59.7 Å². The first kappa shape index (κ1) is 20.3. The highest BCUT2D eigenvalue weighted by atomic mass is 16.5. The molecule has 1 N–H and O–H groups in total. The molecule has 0 bridgehead atoms. The zero-order valence-electron chi connectivity index (χ0n) is 16.3. The number of hydrogen-bond acceptors (Lipinski definition) is 3. The molecule has 0 radical (unpaired) electrons. The van der Waals surface area contributed by atoms with Gasteiger partial charge in [0, 0.05) is 12.1 Å². The molecule has 0 amide bonds. The van der Waals surface area contributed by atoms with Crippen molar-refractivity contribution in [2.24, 2.45) is 0 Å². The lowest BCUT2D eigenvalue weighted by atomic mass is 10.1. The topological polar surface area (TPSA) is 30.5 Å². The minimum absolute atomic E-state index is 0.551. The summed E-state index contributed by atoms with van der Waals surface area (Å²) in [6, 6.07) is 16.4. The third kappa shape index (κ3) is 7.09. The molecule has 0 heterocycles. The molecule has 2 aromatic rings. The van der Waals surface area contributed by atoms with Gasteiger partial charge >= 0.3 is 0 Å². The molecule has 0 saturated carbocycles. The summed E-state index contributed by atoms with van der Waals surface area (Å²) in [6.07, 6.45) is 6.50. The van der Waals surface area contributed by atoms with Gasteiger partial charge in [-0.15, -0.1) is 0 Å². The predicted octanol–water partition coefficient (Wildman–Crippen LogP) is 5.72. The molecule has 0 spiro atoms. The molecule has 0 saturated heterocycles. The highest BCUT2D eigenvalue weighted by molar-refractivity contribution is 5.46. The number of para-hydroxylation sites is 1. The molecular formula is C23H33NO2. The maximum absolute atomic E-state index is 6.15. The lowest BCUT2D eigenvalue weighted by Crippen LogP contribution is -2.16. The predicted molar refractivity (Wildman–Crippen MR) is 109 cm³/mol. The second-order valence-electron chi connectivity index (χ2n) is 6.54. The van der Waals surface area contributed by atoms with Crippen LogP contribution in [0.4, 0.5) is 0 Å². The normalized spacial score (nSPS) is 10.7. The average Bonchev–Trinajstić information content (AvgIpc) is 2.67. The van der Waals surface area contributed by atoms with E-state index in [4.69, 9.17) is 9.47 Å². The van der Waals surface area contributed by atoms with E-state index in [1.54, 1.807) is 0 Å². The number of nitrogens with one attached hydrogen (secondary N) is 1. The van der Waals surface area contributed by atoms with Crippen LogP contribution in [-0.4, -0.2) is 13.2 Å². The molecule has 142 valence electrons. The minimum atomic E-state index is 0.551. The first-order valence-electron chi connectivity index (χ1n) is 9.97. The molecule has 3 nitrogen and oxygen atoms in total. The third-order valence-corrected chi connectivity index (χ3v) is 4.36. The smallest absolute Gasteiger partial charge is 0.166 e. The van der Waals surface area contributed by atoms with E-state index in [-0.39, 0.29) is 0 Å². The summed E-state index contributed by atoms with van der Waals surface area (Å²) in [4.78, 5) is 0.